The SMILES string of the molecule is CC(N)C(=O)N1CCCCN1.CCn1c(-c2cccnc2C(C)OC)c(CC(C)(C)COC=O)c2cc(N3CCOCC3)ccc21. The number of hydrazine groups is 1. The van der Waals surface area contributed by atoms with Crippen LogP contribution in [-0.2, 0) is 36.8 Å². The van der Waals surface area contributed by atoms with Crippen LogP contribution in [0.4, 0.5) is 5.69 Å². The second kappa shape index (κ2) is 16.4. The maximum atomic E-state index is 11.2. The van der Waals surface area contributed by atoms with Crippen LogP contribution in [0, 0.1) is 5.41 Å². The highest BCUT2D eigenvalue weighted by atomic mass is 16.5. The Morgan fingerprint density at radius 3 is 2.57 bits per heavy atom. The number of anilines is 1. The first kappa shape index (κ1) is 35.3. The molecular weight excluding hydrogens is 584 g/mol. The summed E-state index contributed by atoms with van der Waals surface area (Å²) in [6, 6.07) is 10.5. The molecule has 11 heteroatoms. The van der Waals surface area contributed by atoms with Crippen LogP contribution in [0.1, 0.15) is 64.8 Å². The average Bonchev–Trinajstić information content (AvgIpc) is 3.39. The number of fused-ring (bicyclic) bond motifs is 1. The van der Waals surface area contributed by atoms with Crippen LogP contribution in [0.15, 0.2) is 36.5 Å². The van der Waals surface area contributed by atoms with E-state index in [2.05, 4.69) is 59.9 Å². The maximum Gasteiger partial charge on any atom is 0.293 e. The number of rotatable bonds is 11. The molecule has 0 saturated carbocycles. The topological polar surface area (TPSA) is 124 Å². The van der Waals surface area contributed by atoms with Crippen molar-refractivity contribution in [2.75, 3.05) is 58.0 Å². The first-order valence-electron chi connectivity index (χ1n) is 16.4. The van der Waals surface area contributed by atoms with Gasteiger partial charge in [-0.3, -0.25) is 19.6 Å². The summed E-state index contributed by atoms with van der Waals surface area (Å²) < 4.78 is 18.9. The molecule has 2 atom stereocenters. The first-order valence-corrected chi connectivity index (χ1v) is 16.4. The van der Waals surface area contributed by atoms with Gasteiger partial charge in [0.05, 0.1) is 43.4 Å². The van der Waals surface area contributed by atoms with Crippen LogP contribution in [0.25, 0.3) is 22.2 Å². The third kappa shape index (κ3) is 8.44. The van der Waals surface area contributed by atoms with Gasteiger partial charge in [0.25, 0.3) is 12.4 Å². The number of hydrogen-bond donors (Lipinski definition) is 2. The van der Waals surface area contributed by atoms with Gasteiger partial charge < -0.3 is 29.4 Å². The first-order chi connectivity index (χ1) is 22.1. The van der Waals surface area contributed by atoms with Gasteiger partial charge in [0.2, 0.25) is 0 Å². The number of pyridine rings is 1. The van der Waals surface area contributed by atoms with Crippen molar-refractivity contribution in [2.24, 2.45) is 11.1 Å². The van der Waals surface area contributed by atoms with Crippen molar-refractivity contribution in [3.8, 4) is 11.3 Å². The number of nitrogens with one attached hydrogen (secondary N) is 1. The van der Waals surface area contributed by atoms with E-state index in [0.717, 1.165) is 82.2 Å². The van der Waals surface area contributed by atoms with E-state index >= 15 is 0 Å². The summed E-state index contributed by atoms with van der Waals surface area (Å²) in [5.41, 5.74) is 15.0. The smallest absolute Gasteiger partial charge is 0.293 e. The molecule has 3 aromatic rings. The third-order valence-electron chi connectivity index (χ3n) is 8.64. The number of carbonyl (C=O) groups is 2. The van der Waals surface area contributed by atoms with Gasteiger partial charge in [-0.2, -0.15) is 0 Å². The Labute approximate surface area is 273 Å². The van der Waals surface area contributed by atoms with Crippen molar-refractivity contribution >= 4 is 29.0 Å². The summed E-state index contributed by atoms with van der Waals surface area (Å²) in [5, 5.41) is 2.85. The molecule has 1 amide bonds. The van der Waals surface area contributed by atoms with Gasteiger partial charge in [-0.25, -0.2) is 5.43 Å². The van der Waals surface area contributed by atoms with Gasteiger partial charge in [-0.15, -0.1) is 0 Å². The predicted octanol–water partition coefficient (Wildman–Crippen LogP) is 4.47. The third-order valence-corrected chi connectivity index (χ3v) is 8.64. The number of morpholine rings is 1. The van der Waals surface area contributed by atoms with Crippen molar-refractivity contribution < 1.29 is 23.8 Å². The van der Waals surface area contributed by atoms with Gasteiger partial charge >= 0.3 is 0 Å². The molecule has 11 nitrogen and oxygen atoms in total. The fraction of sp³-hybridized carbons (Fsp3) is 0.571. The molecule has 4 heterocycles. The number of ether oxygens (including phenoxy) is 3. The number of aryl methyl sites for hydroxylation is 1. The van der Waals surface area contributed by atoms with Crippen LogP contribution in [-0.4, -0.2) is 86.1 Å². The number of benzene rings is 1. The highest BCUT2D eigenvalue weighted by Crippen LogP contribution is 2.41. The van der Waals surface area contributed by atoms with Crippen LogP contribution >= 0.6 is 0 Å². The Kier molecular flexibility index (Phi) is 12.6. The van der Waals surface area contributed by atoms with E-state index in [-0.39, 0.29) is 23.5 Å². The number of amides is 1. The number of nitrogens with two attached hydrogens (primary N) is 1. The lowest BCUT2D eigenvalue weighted by atomic mass is 9.84. The summed E-state index contributed by atoms with van der Waals surface area (Å²) >= 11 is 0. The Hall–Kier alpha value is -3.51. The van der Waals surface area contributed by atoms with Gasteiger partial charge in [0, 0.05) is 73.6 Å². The minimum Gasteiger partial charge on any atom is -0.467 e. The average molecular weight is 637 g/mol. The van der Waals surface area contributed by atoms with E-state index in [4.69, 9.17) is 24.9 Å². The van der Waals surface area contributed by atoms with E-state index in [1.807, 2.05) is 19.2 Å². The molecule has 2 aliphatic rings. The highest BCUT2D eigenvalue weighted by molar-refractivity contribution is 5.94. The van der Waals surface area contributed by atoms with Gasteiger partial charge in [0.15, 0.2) is 0 Å². The van der Waals surface area contributed by atoms with Crippen molar-refractivity contribution in [3.05, 3.63) is 47.8 Å². The summed E-state index contributed by atoms with van der Waals surface area (Å²) in [4.78, 5) is 29.3. The van der Waals surface area contributed by atoms with Crippen molar-refractivity contribution in [1.82, 2.24) is 20.0 Å². The molecule has 3 N–H and O–H groups in total. The maximum absolute atomic E-state index is 11.2. The van der Waals surface area contributed by atoms with Gasteiger partial charge in [0.1, 0.15) is 0 Å². The molecule has 2 aliphatic heterocycles. The van der Waals surface area contributed by atoms with Crippen molar-refractivity contribution in [1.29, 1.82) is 0 Å². The van der Waals surface area contributed by atoms with E-state index in [1.165, 1.54) is 22.2 Å². The number of hydrogen-bond acceptors (Lipinski definition) is 9. The van der Waals surface area contributed by atoms with E-state index in [0.29, 0.717) is 13.1 Å². The molecule has 0 bridgehead atoms. The molecule has 0 radical (unpaired) electrons. The van der Waals surface area contributed by atoms with Crippen LogP contribution in [0.3, 0.4) is 0 Å². The largest absolute Gasteiger partial charge is 0.467 e. The Morgan fingerprint density at radius 2 is 1.93 bits per heavy atom. The van der Waals surface area contributed by atoms with Gasteiger partial charge in [-0.05, 0) is 75.9 Å². The normalized spacial score (nSPS) is 16.8. The lowest BCUT2D eigenvalue weighted by molar-refractivity contribution is -0.136. The van der Waals surface area contributed by atoms with Gasteiger partial charge in [-0.1, -0.05) is 13.8 Å². The van der Waals surface area contributed by atoms with Crippen molar-refractivity contribution in [2.45, 2.75) is 72.6 Å². The minimum atomic E-state index is -0.388. The number of methoxy groups -OCH3 is 1. The minimum absolute atomic E-state index is 0.00954. The Bertz CT molecular complexity index is 1440. The number of nitrogens with zero attached hydrogens (tertiary/aromatic N) is 4. The molecule has 2 aromatic heterocycles. The molecule has 5 rings (SSSR count). The second-order valence-corrected chi connectivity index (χ2v) is 12.8. The molecule has 46 heavy (non-hydrogen) atoms. The molecule has 252 valence electrons. The molecule has 1 aromatic carbocycles. The molecular formula is C35H52N6O5. The predicted molar refractivity (Wildman–Crippen MR) is 181 cm³/mol. The molecule has 2 fully saturated rings. The van der Waals surface area contributed by atoms with Crippen molar-refractivity contribution in [3.63, 3.8) is 0 Å². The molecule has 0 aliphatic carbocycles. The molecule has 2 unspecified atom stereocenters. The van der Waals surface area contributed by atoms with Crippen LogP contribution < -0.4 is 16.1 Å². The summed E-state index contributed by atoms with van der Waals surface area (Å²) in [6.07, 6.45) is 4.65. The van der Waals surface area contributed by atoms with E-state index < -0.39 is 0 Å². The second-order valence-electron chi connectivity index (χ2n) is 12.8. The Morgan fingerprint density at radius 1 is 1.17 bits per heavy atom. The summed E-state index contributed by atoms with van der Waals surface area (Å²) in [6.45, 7) is 16.9. The lowest BCUT2D eigenvalue weighted by Gasteiger charge is -2.29. The quantitative estimate of drug-likeness (QED) is 0.294. The summed E-state index contributed by atoms with van der Waals surface area (Å²) in [7, 11) is 1.72. The zero-order chi connectivity index (χ0) is 33.3. The fourth-order valence-corrected chi connectivity index (χ4v) is 6.21. The Balaban J connectivity index is 0.000000369. The number of aromatic nitrogens is 2. The van der Waals surface area contributed by atoms with Crippen LogP contribution in [0.2, 0.25) is 0 Å². The highest BCUT2D eigenvalue weighted by Gasteiger charge is 2.29. The zero-order valence-corrected chi connectivity index (χ0v) is 28.4. The monoisotopic (exact) mass is 636 g/mol. The van der Waals surface area contributed by atoms with Crippen LogP contribution in [0.5, 0.6) is 0 Å². The summed E-state index contributed by atoms with van der Waals surface area (Å²) in [5.74, 6) is -0.00954. The lowest BCUT2D eigenvalue weighted by Crippen LogP contribution is -2.52. The number of carbonyl (C=O) groups excluding carboxylic acids is 2. The molecule has 2 saturated heterocycles. The standard InChI is InChI=1S/C28H37N3O4.C7H15N3O/c1-6-31-25-10-9-21(30-12-14-34-15-13-30)16-23(25)24(17-28(3,4)18-35-19-32)27(31)22-8-7-11-29-26(22)20(2)33-5;1-6(8)7(11)10-5-3-2-4-9-10/h7-11,16,19-20H,6,12-15,17-18H2,1-5H3;6,9H,2-5,8H2,1H3. The zero-order valence-electron chi connectivity index (χ0n) is 28.4. The van der Waals surface area contributed by atoms with E-state index in [9.17, 15) is 9.59 Å². The van der Waals surface area contributed by atoms with E-state index in [1.54, 1.807) is 19.0 Å². The molecule has 0 spiro atoms. The fourth-order valence-electron chi connectivity index (χ4n) is 6.21.